The number of anilines is 1. The summed E-state index contributed by atoms with van der Waals surface area (Å²) in [5, 5.41) is 6.13. The third-order valence-corrected chi connectivity index (χ3v) is 5.91. The summed E-state index contributed by atoms with van der Waals surface area (Å²) in [6, 6.07) is 5.92. The molecule has 0 spiro atoms. The van der Waals surface area contributed by atoms with Crippen LogP contribution in [0.1, 0.15) is 19.3 Å². The first-order valence-corrected chi connectivity index (χ1v) is 10.7. The molecule has 0 radical (unpaired) electrons. The van der Waals surface area contributed by atoms with Gasteiger partial charge in [0, 0.05) is 25.5 Å². The van der Waals surface area contributed by atoms with Crippen molar-refractivity contribution < 1.29 is 8.42 Å². The molecule has 1 aliphatic heterocycles. The average molecular weight is 423 g/mol. The van der Waals surface area contributed by atoms with Crippen molar-refractivity contribution in [2.45, 2.75) is 19.3 Å². The van der Waals surface area contributed by atoms with Gasteiger partial charge in [-0.3, -0.25) is 9.55 Å². The molecule has 0 bridgehead atoms. The molecule has 0 unspecified atom stereocenters. The van der Waals surface area contributed by atoms with Gasteiger partial charge in [0.1, 0.15) is 17.8 Å². The number of nitrogens with two attached hydrogens (primary N) is 1. The molecule has 0 atom stereocenters. The molecule has 0 saturated carbocycles. The molecule has 0 aliphatic carbocycles. The van der Waals surface area contributed by atoms with Crippen molar-refractivity contribution in [2.24, 2.45) is 11.1 Å². The SMILES string of the molecule is Cl.NS(=O)(=O)CCC1CCN(c2ncnc3c2ccn3-c2cccnc2)CC1. The van der Waals surface area contributed by atoms with E-state index in [0.717, 1.165) is 48.5 Å². The fourth-order valence-corrected chi connectivity index (χ4v) is 4.32. The minimum absolute atomic E-state index is 0. The van der Waals surface area contributed by atoms with Crippen LogP contribution in [-0.2, 0) is 10.0 Å². The largest absolute Gasteiger partial charge is 0.356 e. The molecule has 150 valence electrons. The molecule has 10 heteroatoms. The maximum atomic E-state index is 11.2. The topological polar surface area (TPSA) is 107 Å². The number of nitrogens with zero attached hydrogens (tertiary/aromatic N) is 5. The van der Waals surface area contributed by atoms with E-state index in [-0.39, 0.29) is 18.2 Å². The van der Waals surface area contributed by atoms with Gasteiger partial charge >= 0.3 is 0 Å². The van der Waals surface area contributed by atoms with Gasteiger partial charge in [-0.05, 0) is 43.4 Å². The van der Waals surface area contributed by atoms with E-state index in [9.17, 15) is 8.42 Å². The first kappa shape index (κ1) is 20.5. The quantitative estimate of drug-likeness (QED) is 0.674. The van der Waals surface area contributed by atoms with E-state index in [1.54, 1.807) is 18.7 Å². The number of hydrogen-bond acceptors (Lipinski definition) is 6. The van der Waals surface area contributed by atoms with Crippen molar-refractivity contribution in [3.05, 3.63) is 43.1 Å². The van der Waals surface area contributed by atoms with E-state index in [0.29, 0.717) is 12.3 Å². The van der Waals surface area contributed by atoms with Crippen molar-refractivity contribution in [3.63, 3.8) is 0 Å². The number of fused-ring (bicyclic) bond motifs is 1. The van der Waals surface area contributed by atoms with E-state index in [1.807, 2.05) is 29.0 Å². The Balaban J connectivity index is 0.00000225. The number of hydrogen-bond donors (Lipinski definition) is 1. The van der Waals surface area contributed by atoms with Crippen molar-refractivity contribution in [1.82, 2.24) is 19.5 Å². The summed E-state index contributed by atoms with van der Waals surface area (Å²) in [6.45, 7) is 1.69. The lowest BCUT2D eigenvalue weighted by Crippen LogP contribution is -2.35. The Kier molecular flexibility index (Phi) is 6.17. The smallest absolute Gasteiger partial charge is 0.209 e. The molecule has 4 rings (SSSR count). The summed E-state index contributed by atoms with van der Waals surface area (Å²) < 4.78 is 24.3. The molecular formula is C18H23ClN6O2S. The molecule has 2 N–H and O–H groups in total. The van der Waals surface area contributed by atoms with Crippen LogP contribution in [0.2, 0.25) is 0 Å². The zero-order valence-corrected chi connectivity index (χ0v) is 16.9. The van der Waals surface area contributed by atoms with Crippen LogP contribution in [0.25, 0.3) is 16.7 Å². The summed E-state index contributed by atoms with van der Waals surface area (Å²) in [6.07, 6.45) is 9.63. The lowest BCUT2D eigenvalue weighted by atomic mass is 9.94. The van der Waals surface area contributed by atoms with E-state index in [1.165, 1.54) is 0 Å². The van der Waals surface area contributed by atoms with Crippen LogP contribution in [0.15, 0.2) is 43.1 Å². The highest BCUT2D eigenvalue weighted by Gasteiger charge is 2.23. The molecule has 8 nitrogen and oxygen atoms in total. The first-order valence-electron chi connectivity index (χ1n) is 8.99. The molecule has 0 amide bonds. The number of aromatic nitrogens is 4. The number of pyridine rings is 1. The van der Waals surface area contributed by atoms with Crippen LogP contribution in [0.5, 0.6) is 0 Å². The van der Waals surface area contributed by atoms with Crippen molar-refractivity contribution >= 4 is 39.3 Å². The van der Waals surface area contributed by atoms with Crippen LogP contribution in [0, 0.1) is 5.92 Å². The van der Waals surface area contributed by atoms with Crippen LogP contribution in [0.3, 0.4) is 0 Å². The average Bonchev–Trinajstić information content (AvgIpc) is 3.11. The van der Waals surface area contributed by atoms with E-state index >= 15 is 0 Å². The van der Waals surface area contributed by atoms with E-state index in [4.69, 9.17) is 5.14 Å². The summed E-state index contributed by atoms with van der Waals surface area (Å²) in [7, 11) is -3.38. The first-order chi connectivity index (χ1) is 13.0. The van der Waals surface area contributed by atoms with Gasteiger partial charge in [0.2, 0.25) is 10.0 Å². The predicted octanol–water partition coefficient (Wildman–Crippen LogP) is 2.13. The lowest BCUT2D eigenvalue weighted by Gasteiger charge is -2.33. The van der Waals surface area contributed by atoms with Gasteiger partial charge in [0.15, 0.2) is 0 Å². The van der Waals surface area contributed by atoms with Crippen LogP contribution < -0.4 is 10.0 Å². The number of sulfonamides is 1. The monoisotopic (exact) mass is 422 g/mol. The zero-order valence-electron chi connectivity index (χ0n) is 15.3. The fourth-order valence-electron chi connectivity index (χ4n) is 3.66. The molecule has 1 fully saturated rings. The van der Waals surface area contributed by atoms with Crippen molar-refractivity contribution in [3.8, 4) is 5.69 Å². The maximum absolute atomic E-state index is 11.2. The van der Waals surface area contributed by atoms with Gasteiger partial charge in [0.25, 0.3) is 0 Å². The predicted molar refractivity (Wildman–Crippen MR) is 111 cm³/mol. The number of rotatable bonds is 5. The second-order valence-corrected chi connectivity index (χ2v) is 8.65. The number of halogens is 1. The zero-order chi connectivity index (χ0) is 18.9. The van der Waals surface area contributed by atoms with Gasteiger partial charge in [-0.1, -0.05) is 0 Å². The van der Waals surface area contributed by atoms with Gasteiger partial charge in [-0.25, -0.2) is 23.5 Å². The Bertz CT molecular complexity index is 1030. The summed E-state index contributed by atoms with van der Waals surface area (Å²) >= 11 is 0. The van der Waals surface area contributed by atoms with Crippen molar-refractivity contribution in [1.29, 1.82) is 0 Å². The van der Waals surface area contributed by atoms with Gasteiger partial charge in [0.05, 0.1) is 23.0 Å². The molecule has 28 heavy (non-hydrogen) atoms. The lowest BCUT2D eigenvalue weighted by molar-refractivity contribution is 0.394. The Morgan fingerprint density at radius 3 is 2.64 bits per heavy atom. The number of piperidine rings is 1. The Hall–Kier alpha value is -2.23. The number of primary sulfonamides is 1. The highest BCUT2D eigenvalue weighted by Crippen LogP contribution is 2.30. The fraction of sp³-hybridized carbons (Fsp3) is 0.389. The molecule has 1 saturated heterocycles. The summed E-state index contributed by atoms with van der Waals surface area (Å²) in [5.74, 6) is 1.37. The summed E-state index contributed by atoms with van der Waals surface area (Å²) in [5.41, 5.74) is 1.81. The molecular weight excluding hydrogens is 400 g/mol. The van der Waals surface area contributed by atoms with Gasteiger partial charge < -0.3 is 4.90 Å². The highest BCUT2D eigenvalue weighted by molar-refractivity contribution is 7.89. The summed E-state index contributed by atoms with van der Waals surface area (Å²) in [4.78, 5) is 15.4. The van der Waals surface area contributed by atoms with E-state index < -0.39 is 10.0 Å². The molecule has 3 aromatic heterocycles. The molecule has 1 aliphatic rings. The minimum atomic E-state index is -3.38. The third kappa shape index (κ3) is 4.43. The second-order valence-electron chi connectivity index (χ2n) is 6.92. The van der Waals surface area contributed by atoms with Crippen LogP contribution in [-0.4, -0.2) is 46.8 Å². The third-order valence-electron chi connectivity index (χ3n) is 5.11. The second kappa shape index (κ2) is 8.42. The van der Waals surface area contributed by atoms with Gasteiger partial charge in [-0.2, -0.15) is 0 Å². The Morgan fingerprint density at radius 2 is 1.96 bits per heavy atom. The normalized spacial score (nSPS) is 15.5. The van der Waals surface area contributed by atoms with Crippen LogP contribution in [0.4, 0.5) is 5.82 Å². The molecule has 4 heterocycles. The minimum Gasteiger partial charge on any atom is -0.356 e. The standard InChI is InChI=1S/C18H22N6O2S.ClH/c19-27(25,26)11-6-14-3-8-23(9-4-14)17-16-5-10-24(18(16)22-13-21-17)15-2-1-7-20-12-15;/h1-2,5,7,10,12-14H,3-4,6,8-9,11H2,(H2,19,25,26);1H. The maximum Gasteiger partial charge on any atom is 0.209 e. The molecule has 0 aromatic carbocycles. The van der Waals surface area contributed by atoms with Crippen LogP contribution >= 0.6 is 12.4 Å². The Morgan fingerprint density at radius 1 is 1.18 bits per heavy atom. The van der Waals surface area contributed by atoms with E-state index in [2.05, 4.69) is 19.9 Å². The van der Waals surface area contributed by atoms with Crippen molar-refractivity contribution in [2.75, 3.05) is 23.7 Å². The molecule has 3 aromatic rings. The highest BCUT2D eigenvalue weighted by atomic mass is 35.5. The van der Waals surface area contributed by atoms with Gasteiger partial charge in [-0.15, -0.1) is 12.4 Å². The Labute approximate surface area is 170 Å².